The van der Waals surface area contributed by atoms with Crippen molar-refractivity contribution in [1.82, 2.24) is 15.8 Å². The van der Waals surface area contributed by atoms with Crippen molar-refractivity contribution in [2.45, 2.75) is 52.1 Å². The summed E-state index contributed by atoms with van der Waals surface area (Å²) in [4.78, 5) is 12.2. The molecule has 0 spiro atoms. The first-order valence-corrected chi connectivity index (χ1v) is 6.89. The van der Waals surface area contributed by atoms with Crippen LogP contribution in [-0.4, -0.2) is 36.1 Å². The Morgan fingerprint density at radius 3 is 2.35 bits per heavy atom. The Labute approximate surface area is 104 Å². The summed E-state index contributed by atoms with van der Waals surface area (Å²) in [5.74, 6) is 0.833. The van der Waals surface area contributed by atoms with Crippen molar-refractivity contribution < 1.29 is 4.79 Å². The molecular weight excluding hydrogens is 214 g/mol. The number of rotatable bonds is 3. The Morgan fingerprint density at radius 1 is 1.29 bits per heavy atom. The Hall–Kier alpha value is -0.610. The molecule has 2 N–H and O–H groups in total. The van der Waals surface area contributed by atoms with Crippen LogP contribution in [0.2, 0.25) is 0 Å². The number of carbonyl (C=O) groups excluding carboxylic acids is 1. The summed E-state index contributed by atoms with van der Waals surface area (Å²) in [7, 11) is 0. The van der Waals surface area contributed by atoms with Crippen LogP contribution in [0.1, 0.15) is 40.0 Å². The molecule has 2 saturated heterocycles. The van der Waals surface area contributed by atoms with Crippen molar-refractivity contribution >= 4 is 5.91 Å². The van der Waals surface area contributed by atoms with Crippen LogP contribution < -0.4 is 10.7 Å². The minimum atomic E-state index is 0.123. The summed E-state index contributed by atoms with van der Waals surface area (Å²) in [5, 5.41) is 5.39. The molecular formula is C13H25N3O. The highest BCUT2D eigenvalue weighted by Gasteiger charge is 2.32. The average molecular weight is 239 g/mol. The van der Waals surface area contributed by atoms with Crippen molar-refractivity contribution in [1.29, 1.82) is 0 Å². The Bertz CT molecular complexity index is 268. The van der Waals surface area contributed by atoms with Crippen LogP contribution in [0.3, 0.4) is 0 Å². The molecule has 1 amide bonds. The molecule has 3 atom stereocenters. The van der Waals surface area contributed by atoms with Crippen LogP contribution in [0.15, 0.2) is 0 Å². The fraction of sp³-hybridized carbons (Fsp3) is 0.923. The van der Waals surface area contributed by atoms with Gasteiger partial charge in [-0.1, -0.05) is 13.3 Å². The molecule has 0 radical (unpaired) electrons. The topological polar surface area (TPSA) is 44.4 Å². The lowest BCUT2D eigenvalue weighted by atomic mass is 9.88. The average Bonchev–Trinajstić information content (AvgIpc) is 2.21. The molecule has 0 aromatic heterocycles. The lowest BCUT2D eigenvalue weighted by Gasteiger charge is -2.40. The van der Waals surface area contributed by atoms with Gasteiger partial charge < -0.3 is 5.32 Å². The SMILES string of the molecule is CC(C(=O)NN1C(C)CCCC1C)C1CNC1. The standard InChI is InChI=1S/C13H25N3O/c1-9-5-4-6-10(2)16(9)15-13(17)11(3)12-7-14-8-12/h9-12,14H,4-8H2,1-3H3,(H,15,17). The molecule has 2 heterocycles. The monoisotopic (exact) mass is 239 g/mol. The molecule has 0 aromatic rings. The van der Waals surface area contributed by atoms with Gasteiger partial charge in [0, 0.05) is 18.0 Å². The van der Waals surface area contributed by atoms with Gasteiger partial charge in [0.05, 0.1) is 0 Å². The lowest BCUT2D eigenvalue weighted by molar-refractivity contribution is -0.135. The predicted octanol–water partition coefficient (Wildman–Crippen LogP) is 1.14. The first kappa shape index (κ1) is 12.8. The van der Waals surface area contributed by atoms with Crippen molar-refractivity contribution in [3.05, 3.63) is 0 Å². The Balaban J connectivity index is 1.87. The molecule has 0 aliphatic carbocycles. The smallest absolute Gasteiger partial charge is 0.237 e. The first-order chi connectivity index (χ1) is 8.09. The third-order valence-corrected chi connectivity index (χ3v) is 4.37. The summed E-state index contributed by atoms with van der Waals surface area (Å²) in [6.07, 6.45) is 3.64. The van der Waals surface area contributed by atoms with Gasteiger partial charge in [0.25, 0.3) is 0 Å². The molecule has 2 aliphatic rings. The van der Waals surface area contributed by atoms with Gasteiger partial charge >= 0.3 is 0 Å². The van der Waals surface area contributed by atoms with E-state index in [4.69, 9.17) is 0 Å². The van der Waals surface area contributed by atoms with Gasteiger partial charge in [-0.25, -0.2) is 5.01 Å². The molecule has 2 aliphatic heterocycles. The van der Waals surface area contributed by atoms with E-state index in [-0.39, 0.29) is 11.8 Å². The lowest BCUT2D eigenvalue weighted by Crippen LogP contribution is -2.57. The predicted molar refractivity (Wildman–Crippen MR) is 68.3 cm³/mol. The van der Waals surface area contributed by atoms with Crippen LogP contribution in [0.5, 0.6) is 0 Å². The number of carbonyl (C=O) groups is 1. The van der Waals surface area contributed by atoms with Gasteiger partial charge in [-0.05, 0) is 45.7 Å². The molecule has 4 heteroatoms. The molecule has 17 heavy (non-hydrogen) atoms. The number of piperidine rings is 1. The van der Waals surface area contributed by atoms with E-state index >= 15 is 0 Å². The van der Waals surface area contributed by atoms with Gasteiger partial charge in [0.2, 0.25) is 5.91 Å². The second-order valence-electron chi connectivity index (χ2n) is 5.72. The second-order valence-corrected chi connectivity index (χ2v) is 5.72. The highest BCUT2D eigenvalue weighted by Crippen LogP contribution is 2.22. The van der Waals surface area contributed by atoms with E-state index in [9.17, 15) is 4.79 Å². The molecule has 0 saturated carbocycles. The van der Waals surface area contributed by atoms with Crippen LogP contribution in [0, 0.1) is 11.8 Å². The van der Waals surface area contributed by atoms with Crippen LogP contribution in [0.4, 0.5) is 0 Å². The summed E-state index contributed by atoms with van der Waals surface area (Å²) in [5.41, 5.74) is 3.13. The van der Waals surface area contributed by atoms with E-state index in [1.54, 1.807) is 0 Å². The van der Waals surface area contributed by atoms with Crippen molar-refractivity contribution in [2.24, 2.45) is 11.8 Å². The minimum absolute atomic E-state index is 0.123. The zero-order valence-electron chi connectivity index (χ0n) is 11.2. The van der Waals surface area contributed by atoms with E-state index in [1.807, 2.05) is 6.92 Å². The van der Waals surface area contributed by atoms with E-state index < -0.39 is 0 Å². The Morgan fingerprint density at radius 2 is 1.88 bits per heavy atom. The molecule has 4 nitrogen and oxygen atoms in total. The van der Waals surface area contributed by atoms with E-state index in [1.165, 1.54) is 19.3 Å². The summed E-state index contributed by atoms with van der Waals surface area (Å²) >= 11 is 0. The molecule has 98 valence electrons. The van der Waals surface area contributed by atoms with E-state index in [0.29, 0.717) is 18.0 Å². The fourth-order valence-corrected chi connectivity index (χ4v) is 2.75. The van der Waals surface area contributed by atoms with E-state index in [2.05, 4.69) is 29.6 Å². The largest absolute Gasteiger partial charge is 0.316 e. The summed E-state index contributed by atoms with van der Waals surface area (Å²) < 4.78 is 0. The van der Waals surface area contributed by atoms with Gasteiger partial charge in [0.1, 0.15) is 0 Å². The molecule has 0 bridgehead atoms. The molecule has 2 fully saturated rings. The Kier molecular flexibility index (Phi) is 4.05. The zero-order valence-corrected chi connectivity index (χ0v) is 11.2. The number of amides is 1. The van der Waals surface area contributed by atoms with Gasteiger partial charge in [-0.2, -0.15) is 0 Å². The minimum Gasteiger partial charge on any atom is -0.316 e. The third-order valence-electron chi connectivity index (χ3n) is 4.37. The maximum atomic E-state index is 12.2. The quantitative estimate of drug-likeness (QED) is 0.776. The number of hydrazine groups is 1. The van der Waals surface area contributed by atoms with Crippen molar-refractivity contribution in [2.75, 3.05) is 13.1 Å². The number of hydrogen-bond acceptors (Lipinski definition) is 3. The van der Waals surface area contributed by atoms with Crippen molar-refractivity contribution in [3.8, 4) is 0 Å². The number of nitrogens with zero attached hydrogens (tertiary/aromatic N) is 1. The third kappa shape index (κ3) is 2.80. The summed E-state index contributed by atoms with van der Waals surface area (Å²) in [6, 6.07) is 0.934. The second kappa shape index (κ2) is 5.36. The molecule has 3 unspecified atom stereocenters. The normalized spacial score (nSPS) is 32.9. The highest BCUT2D eigenvalue weighted by molar-refractivity contribution is 5.78. The summed E-state index contributed by atoms with van der Waals surface area (Å²) in [6.45, 7) is 8.41. The number of hydrogen-bond donors (Lipinski definition) is 2. The first-order valence-electron chi connectivity index (χ1n) is 6.89. The van der Waals surface area contributed by atoms with Crippen LogP contribution in [0.25, 0.3) is 0 Å². The maximum Gasteiger partial charge on any atom is 0.237 e. The zero-order chi connectivity index (χ0) is 12.4. The maximum absolute atomic E-state index is 12.2. The van der Waals surface area contributed by atoms with Crippen LogP contribution in [-0.2, 0) is 4.79 Å². The van der Waals surface area contributed by atoms with Crippen LogP contribution >= 0.6 is 0 Å². The fourth-order valence-electron chi connectivity index (χ4n) is 2.75. The molecule has 2 rings (SSSR count). The van der Waals surface area contributed by atoms with Gasteiger partial charge in [-0.15, -0.1) is 0 Å². The molecule has 0 aromatic carbocycles. The number of nitrogens with one attached hydrogen (secondary N) is 2. The van der Waals surface area contributed by atoms with Gasteiger partial charge in [0.15, 0.2) is 0 Å². The highest BCUT2D eigenvalue weighted by atomic mass is 16.2. The van der Waals surface area contributed by atoms with Gasteiger partial charge in [-0.3, -0.25) is 10.2 Å². The van der Waals surface area contributed by atoms with E-state index in [0.717, 1.165) is 13.1 Å². The van der Waals surface area contributed by atoms with Crippen molar-refractivity contribution in [3.63, 3.8) is 0 Å².